The zero-order valence-corrected chi connectivity index (χ0v) is 19.7. The van der Waals surface area contributed by atoms with Gasteiger partial charge >= 0.3 is 5.97 Å². The number of rotatable bonds is 4. The number of likely N-dealkylation sites (N-methyl/N-ethyl adjacent to an activating group) is 1. The molecule has 184 valence electrons. The Morgan fingerprint density at radius 1 is 0.909 bits per heavy atom. The van der Waals surface area contributed by atoms with Crippen molar-refractivity contribution in [3.63, 3.8) is 0 Å². The zero-order valence-electron chi connectivity index (χ0n) is 19.7. The number of amides is 1. The summed E-state index contributed by atoms with van der Waals surface area (Å²) in [7, 11) is 3.98. The first kappa shape index (κ1) is 28.1. The van der Waals surface area contributed by atoms with E-state index in [2.05, 4.69) is 21.9 Å². The van der Waals surface area contributed by atoms with Crippen molar-refractivity contribution in [3.05, 3.63) is 35.4 Å². The number of carbonyl (C=O) groups excluding carboxylic acids is 1. The average molecular weight is 466 g/mol. The lowest BCUT2D eigenvalue weighted by Crippen LogP contribution is -2.46. The fourth-order valence-corrected chi connectivity index (χ4v) is 3.80. The van der Waals surface area contributed by atoms with Crippen LogP contribution in [-0.4, -0.2) is 93.6 Å². The molecule has 1 saturated heterocycles. The van der Waals surface area contributed by atoms with E-state index in [1.54, 1.807) is 4.90 Å². The number of fused-ring (bicyclic) bond motifs is 1. The highest BCUT2D eigenvalue weighted by molar-refractivity contribution is 5.79. The Kier molecular flexibility index (Phi) is 11.5. The molecule has 0 spiro atoms. The van der Waals surface area contributed by atoms with Gasteiger partial charge in [0, 0.05) is 46.1 Å². The Morgan fingerprint density at radius 3 is 1.82 bits per heavy atom. The molecule has 0 aromatic heterocycles. The van der Waals surface area contributed by atoms with Crippen molar-refractivity contribution in [2.45, 2.75) is 45.8 Å². The number of nitrogens with zero attached hydrogens (tertiary/aromatic N) is 3. The molecular formula is C23H35N3O7. The lowest BCUT2D eigenvalue weighted by Gasteiger charge is -2.30. The summed E-state index contributed by atoms with van der Waals surface area (Å²) < 4.78 is 0. The van der Waals surface area contributed by atoms with Gasteiger partial charge in [-0.3, -0.25) is 24.1 Å². The summed E-state index contributed by atoms with van der Waals surface area (Å²) in [5, 5.41) is 24.3. The molecular weight excluding hydrogens is 430 g/mol. The topological polar surface area (TPSA) is 139 Å². The van der Waals surface area contributed by atoms with E-state index < -0.39 is 23.8 Å². The average Bonchev–Trinajstić information content (AvgIpc) is 2.94. The van der Waals surface area contributed by atoms with Crippen LogP contribution in [0.2, 0.25) is 0 Å². The van der Waals surface area contributed by atoms with Crippen LogP contribution in [0, 0.1) is 5.92 Å². The van der Waals surface area contributed by atoms with Crippen LogP contribution >= 0.6 is 0 Å². The van der Waals surface area contributed by atoms with Gasteiger partial charge in [-0.2, -0.15) is 0 Å². The molecule has 1 fully saturated rings. The van der Waals surface area contributed by atoms with Crippen molar-refractivity contribution < 1.29 is 34.5 Å². The molecule has 2 aliphatic heterocycles. The molecule has 3 rings (SSSR count). The first-order valence-electron chi connectivity index (χ1n) is 10.8. The molecule has 1 aromatic carbocycles. The molecule has 10 heteroatoms. The van der Waals surface area contributed by atoms with Crippen molar-refractivity contribution >= 4 is 23.8 Å². The number of carbonyl (C=O) groups is 4. The molecule has 1 amide bonds. The van der Waals surface area contributed by atoms with Crippen LogP contribution in [0.15, 0.2) is 24.3 Å². The van der Waals surface area contributed by atoms with Crippen molar-refractivity contribution in [3.8, 4) is 0 Å². The minimum atomic E-state index is -0.833. The summed E-state index contributed by atoms with van der Waals surface area (Å²) in [4.78, 5) is 48.3. The number of likely N-dealkylation sites (tertiary alicyclic amines) is 1. The Balaban J connectivity index is 0.000000591. The molecule has 3 N–H and O–H groups in total. The highest BCUT2D eigenvalue weighted by Crippen LogP contribution is 2.23. The van der Waals surface area contributed by atoms with E-state index in [-0.39, 0.29) is 11.9 Å². The number of aliphatic carboxylic acids is 3. The Labute approximate surface area is 194 Å². The van der Waals surface area contributed by atoms with Crippen LogP contribution in [0.3, 0.4) is 0 Å². The molecule has 33 heavy (non-hydrogen) atoms. The van der Waals surface area contributed by atoms with Crippen LogP contribution in [-0.2, 0) is 32.3 Å². The van der Waals surface area contributed by atoms with Gasteiger partial charge in [0.25, 0.3) is 11.9 Å². The van der Waals surface area contributed by atoms with E-state index in [1.807, 2.05) is 26.2 Å². The van der Waals surface area contributed by atoms with Crippen LogP contribution in [0.4, 0.5) is 0 Å². The number of hydrogen-bond acceptors (Lipinski definition) is 6. The quantitative estimate of drug-likeness (QED) is 0.603. The monoisotopic (exact) mass is 465 g/mol. The highest BCUT2D eigenvalue weighted by Gasteiger charge is 2.32. The van der Waals surface area contributed by atoms with Gasteiger partial charge in [0.2, 0.25) is 5.91 Å². The van der Waals surface area contributed by atoms with E-state index in [0.717, 1.165) is 33.4 Å². The van der Waals surface area contributed by atoms with E-state index in [0.29, 0.717) is 26.1 Å². The largest absolute Gasteiger partial charge is 0.481 e. The lowest BCUT2D eigenvalue weighted by molar-refractivity contribution is -0.144. The van der Waals surface area contributed by atoms with Gasteiger partial charge in [0.05, 0.1) is 12.5 Å². The zero-order chi connectivity index (χ0) is 25.1. The van der Waals surface area contributed by atoms with Crippen LogP contribution in [0.25, 0.3) is 0 Å². The second kappa shape index (κ2) is 13.5. The van der Waals surface area contributed by atoms with Gasteiger partial charge in [-0.1, -0.05) is 24.3 Å². The highest BCUT2D eigenvalue weighted by atomic mass is 16.4. The molecule has 2 aliphatic rings. The van der Waals surface area contributed by atoms with E-state index >= 15 is 0 Å². The van der Waals surface area contributed by atoms with Crippen molar-refractivity contribution in [1.29, 1.82) is 0 Å². The summed E-state index contributed by atoms with van der Waals surface area (Å²) in [6.07, 6.45) is 1.43. The standard InChI is InChI=1S/C19H27N3O3.2C2H4O2/c1-20(2)17-8-7-16(19(24)25)11-22(12-17)18(23)13-21-9-14-5-3-4-6-15(14)10-21;2*1-2(3)4/h3-6,16-17H,7-13H2,1-2H3,(H,24,25);2*1H3,(H,3,4)/t16-,17+;;/m0../s1. The molecule has 1 aromatic rings. The third-order valence-corrected chi connectivity index (χ3v) is 5.42. The van der Waals surface area contributed by atoms with Gasteiger partial charge in [0.1, 0.15) is 0 Å². The molecule has 0 unspecified atom stereocenters. The minimum Gasteiger partial charge on any atom is -0.481 e. The van der Waals surface area contributed by atoms with Crippen LogP contribution in [0.1, 0.15) is 37.8 Å². The fraction of sp³-hybridized carbons (Fsp3) is 0.565. The van der Waals surface area contributed by atoms with Crippen molar-refractivity contribution in [2.24, 2.45) is 5.92 Å². The first-order valence-corrected chi connectivity index (χ1v) is 10.8. The van der Waals surface area contributed by atoms with Gasteiger partial charge < -0.3 is 25.1 Å². The third-order valence-electron chi connectivity index (χ3n) is 5.42. The summed E-state index contributed by atoms with van der Waals surface area (Å²) in [5.41, 5.74) is 2.56. The number of benzene rings is 1. The van der Waals surface area contributed by atoms with Crippen LogP contribution in [0.5, 0.6) is 0 Å². The smallest absolute Gasteiger partial charge is 0.308 e. The maximum Gasteiger partial charge on any atom is 0.308 e. The predicted molar refractivity (Wildman–Crippen MR) is 122 cm³/mol. The second-order valence-corrected chi connectivity index (χ2v) is 8.48. The molecule has 0 bridgehead atoms. The first-order chi connectivity index (χ1) is 15.4. The SMILES string of the molecule is CC(=O)O.CC(=O)O.CN(C)[C@@H]1CC[C@H](C(=O)O)CN(C(=O)CN2Cc3ccccc3C2)C1. The predicted octanol–water partition coefficient (Wildman–Crippen LogP) is 1.44. The van der Waals surface area contributed by atoms with Crippen molar-refractivity contribution in [1.82, 2.24) is 14.7 Å². The summed E-state index contributed by atoms with van der Waals surface area (Å²) in [6.45, 7) is 5.02. The van der Waals surface area contributed by atoms with Gasteiger partial charge in [-0.25, -0.2) is 0 Å². The van der Waals surface area contributed by atoms with Crippen LogP contribution < -0.4 is 0 Å². The van der Waals surface area contributed by atoms with Gasteiger partial charge in [0.15, 0.2) is 0 Å². The summed E-state index contributed by atoms with van der Waals surface area (Å²) in [6, 6.07) is 8.47. The van der Waals surface area contributed by atoms with E-state index in [9.17, 15) is 14.7 Å². The fourth-order valence-electron chi connectivity index (χ4n) is 3.80. The summed E-state index contributed by atoms with van der Waals surface area (Å²) in [5.74, 6) is -2.90. The molecule has 2 heterocycles. The maximum absolute atomic E-state index is 12.9. The second-order valence-electron chi connectivity index (χ2n) is 8.48. The third kappa shape index (κ3) is 10.5. The molecule has 2 atom stereocenters. The van der Waals surface area contributed by atoms with Gasteiger partial charge in [-0.05, 0) is 38.1 Å². The van der Waals surface area contributed by atoms with Gasteiger partial charge in [-0.15, -0.1) is 0 Å². The normalized spacial score (nSPS) is 19.8. The van der Waals surface area contributed by atoms with E-state index in [4.69, 9.17) is 19.8 Å². The number of carboxylic acids is 3. The maximum atomic E-state index is 12.9. The number of carboxylic acid groups (broad SMARTS) is 3. The van der Waals surface area contributed by atoms with Crippen molar-refractivity contribution in [2.75, 3.05) is 33.7 Å². The number of hydrogen-bond donors (Lipinski definition) is 3. The lowest BCUT2D eigenvalue weighted by atomic mass is 10.0. The molecule has 0 radical (unpaired) electrons. The van der Waals surface area contributed by atoms with E-state index in [1.165, 1.54) is 11.1 Å². The molecule has 10 nitrogen and oxygen atoms in total. The summed E-state index contributed by atoms with van der Waals surface area (Å²) >= 11 is 0. The molecule has 0 aliphatic carbocycles. The Hall–Kier alpha value is -2.98. The Morgan fingerprint density at radius 2 is 1.39 bits per heavy atom. The molecule has 0 saturated carbocycles. The Bertz CT molecular complexity index is 783. The minimum absolute atomic E-state index is 0.0350.